The molecule has 6 heteroatoms. The topological polar surface area (TPSA) is 35.9 Å². The zero-order valence-electron chi connectivity index (χ0n) is 32.8. The van der Waals surface area contributed by atoms with Crippen molar-refractivity contribution < 1.29 is 30.4 Å². The maximum atomic E-state index is 6.67. The summed E-state index contributed by atoms with van der Waals surface area (Å²) in [5.74, 6) is 2.39. The van der Waals surface area contributed by atoms with Gasteiger partial charge in [-0.25, -0.2) is 4.98 Å². The predicted octanol–water partition coefficient (Wildman–Crippen LogP) is 11.5. The van der Waals surface area contributed by atoms with E-state index in [4.69, 9.17) is 9.72 Å². The first kappa shape index (κ1) is 38.3. The van der Waals surface area contributed by atoms with E-state index in [2.05, 4.69) is 193 Å². The van der Waals surface area contributed by atoms with Crippen molar-refractivity contribution >= 4 is 21.8 Å². The van der Waals surface area contributed by atoms with Crippen LogP contribution in [0.15, 0.2) is 97.3 Å². The largest absolute Gasteiger partial charge is 0.510 e. The summed E-state index contributed by atoms with van der Waals surface area (Å²) in [7, 11) is 0. The predicted molar refractivity (Wildman–Crippen MR) is 213 cm³/mol. The fraction of sp³-hybridized carbons (Fsp3) is 0.319. The van der Waals surface area contributed by atoms with Gasteiger partial charge in [0.1, 0.15) is 5.82 Å². The Bertz CT molecular complexity index is 2430. The van der Waals surface area contributed by atoms with Crippen LogP contribution in [0.3, 0.4) is 0 Å². The Morgan fingerprint density at radius 1 is 0.698 bits per heavy atom. The van der Waals surface area contributed by atoms with Crippen molar-refractivity contribution in [1.82, 2.24) is 14.1 Å². The minimum absolute atomic E-state index is 0. The van der Waals surface area contributed by atoms with E-state index in [1.165, 1.54) is 11.1 Å². The average molecular weight is 882 g/mol. The molecule has 7 rings (SSSR count). The van der Waals surface area contributed by atoms with Gasteiger partial charge in [0.05, 0.1) is 11.4 Å². The summed E-state index contributed by atoms with van der Waals surface area (Å²) in [6, 6.07) is 37.2. The van der Waals surface area contributed by atoms with Crippen molar-refractivity contribution in [2.45, 2.75) is 98.3 Å². The summed E-state index contributed by atoms with van der Waals surface area (Å²) in [6.07, 6.45) is 7.75. The Morgan fingerprint density at radius 3 is 2.11 bits per heavy atom. The molecular formula is C47H50N4OPt-2. The van der Waals surface area contributed by atoms with Gasteiger partial charge in [-0.2, -0.15) is 17.7 Å². The van der Waals surface area contributed by atoms with Crippen LogP contribution in [-0.2, 0) is 37.3 Å². The Balaban J connectivity index is 0.00000481. The van der Waals surface area contributed by atoms with Crippen molar-refractivity contribution in [3.05, 3.63) is 138 Å². The first-order valence-electron chi connectivity index (χ1n) is 18.3. The van der Waals surface area contributed by atoms with Crippen LogP contribution < -0.4 is 9.30 Å². The van der Waals surface area contributed by atoms with Crippen molar-refractivity contribution in [2.24, 2.45) is 0 Å². The molecule has 4 aromatic carbocycles. The summed E-state index contributed by atoms with van der Waals surface area (Å²) in [6.45, 7) is 24.6. The quantitative estimate of drug-likeness (QED) is 0.123. The maximum absolute atomic E-state index is 6.67. The number of hydrogen-bond acceptors (Lipinski definition) is 2. The van der Waals surface area contributed by atoms with Crippen molar-refractivity contribution in [3.63, 3.8) is 0 Å². The van der Waals surface area contributed by atoms with Gasteiger partial charge in [0.25, 0.3) is 6.33 Å². The third-order valence-corrected chi connectivity index (χ3v) is 9.83. The van der Waals surface area contributed by atoms with E-state index in [1.54, 1.807) is 0 Å². The van der Waals surface area contributed by atoms with Gasteiger partial charge in [0, 0.05) is 50.5 Å². The zero-order chi connectivity index (χ0) is 37.2. The second-order valence-corrected chi connectivity index (χ2v) is 17.4. The summed E-state index contributed by atoms with van der Waals surface area (Å²) in [4.78, 5) is 4.84. The van der Waals surface area contributed by atoms with Gasteiger partial charge in [-0.15, -0.1) is 29.7 Å². The minimum Gasteiger partial charge on any atom is -0.510 e. The smallest absolute Gasteiger partial charge is 0.267 e. The Hall–Kier alpha value is -4.47. The van der Waals surface area contributed by atoms with Gasteiger partial charge < -0.3 is 13.9 Å². The standard InChI is InChI=1S/C47H50N4O.Pt/c1-31(2)32-23-36(49-29-43(47(9,10)11)50(30-49)35-16-14-15-33(25-35)45(3,4)5)27-38(24-32)52-37-19-20-40-39-17-12-13-18-41(39)51(42(40)28-37)44-26-34(21-22-48-44)46(6,7)8;/h12-26,29,31H,1-11H3;/q-2;. The zero-order valence-corrected chi connectivity index (χ0v) is 35.1. The van der Waals surface area contributed by atoms with E-state index < -0.39 is 0 Å². The SMILES string of the molecule is CC(C)c1cc(Oc2[c-]c3c(cc2)c2ccccc2n3-c2cc(C(C)(C)C)ccn2)[c-]c(-n2[c-][n+](-c3cccc(C(C)(C)C)c3)c(C(C)(C)C)c2)c1.[Pt]. The molecule has 3 aromatic heterocycles. The van der Waals surface area contributed by atoms with Crippen molar-refractivity contribution in [2.75, 3.05) is 0 Å². The molecule has 0 bridgehead atoms. The number of para-hydroxylation sites is 1. The molecule has 53 heavy (non-hydrogen) atoms. The molecule has 0 aliphatic heterocycles. The molecule has 0 unspecified atom stereocenters. The molecule has 5 nitrogen and oxygen atoms in total. The normalized spacial score (nSPS) is 12.5. The summed E-state index contributed by atoms with van der Waals surface area (Å²) >= 11 is 0. The Kier molecular flexibility index (Phi) is 10.2. The van der Waals surface area contributed by atoms with Gasteiger partial charge in [-0.1, -0.05) is 112 Å². The van der Waals surface area contributed by atoms with Crippen LogP contribution in [0.1, 0.15) is 104 Å². The number of benzene rings is 4. The first-order chi connectivity index (χ1) is 24.5. The molecule has 0 fully saturated rings. The molecule has 0 N–H and O–H groups in total. The summed E-state index contributed by atoms with van der Waals surface area (Å²) < 4.78 is 13.1. The summed E-state index contributed by atoms with van der Waals surface area (Å²) in [5.41, 5.74) is 8.68. The molecule has 0 aliphatic carbocycles. The number of nitrogens with zero attached hydrogens (tertiary/aromatic N) is 4. The molecule has 0 amide bonds. The van der Waals surface area contributed by atoms with Gasteiger partial charge in [-0.05, 0) is 74.7 Å². The van der Waals surface area contributed by atoms with Crippen molar-refractivity contribution in [1.29, 1.82) is 0 Å². The van der Waals surface area contributed by atoms with Gasteiger partial charge in [0.2, 0.25) is 0 Å². The first-order valence-corrected chi connectivity index (χ1v) is 18.3. The van der Waals surface area contributed by atoms with E-state index in [1.807, 2.05) is 12.3 Å². The molecule has 0 atom stereocenters. The van der Waals surface area contributed by atoms with Crippen LogP contribution in [0.5, 0.6) is 11.5 Å². The third-order valence-electron chi connectivity index (χ3n) is 9.83. The van der Waals surface area contributed by atoms with Gasteiger partial charge >= 0.3 is 0 Å². The van der Waals surface area contributed by atoms with Gasteiger partial charge in [-0.3, -0.25) is 4.57 Å². The number of fused-ring (bicyclic) bond motifs is 3. The molecule has 3 heterocycles. The van der Waals surface area contributed by atoms with E-state index in [-0.39, 0.29) is 43.2 Å². The number of aromatic nitrogens is 4. The number of pyridine rings is 1. The van der Waals surface area contributed by atoms with Crippen LogP contribution in [0.25, 0.3) is 39.0 Å². The minimum atomic E-state index is -0.126. The number of ether oxygens (including phenoxy) is 1. The molecule has 0 aliphatic rings. The van der Waals surface area contributed by atoms with Crippen LogP contribution in [0, 0.1) is 18.5 Å². The third kappa shape index (κ3) is 7.64. The molecule has 276 valence electrons. The molecular weight excluding hydrogens is 832 g/mol. The Morgan fingerprint density at radius 2 is 1.42 bits per heavy atom. The molecule has 0 radical (unpaired) electrons. The van der Waals surface area contributed by atoms with Crippen LogP contribution in [0.2, 0.25) is 0 Å². The molecule has 7 aromatic rings. The number of hydrogen-bond donors (Lipinski definition) is 0. The fourth-order valence-electron chi connectivity index (χ4n) is 6.70. The average Bonchev–Trinajstić information content (AvgIpc) is 3.68. The second kappa shape index (κ2) is 14.1. The van der Waals surface area contributed by atoms with E-state index in [0.717, 1.165) is 50.3 Å². The monoisotopic (exact) mass is 881 g/mol. The van der Waals surface area contributed by atoms with Crippen LogP contribution in [-0.4, -0.2) is 14.1 Å². The van der Waals surface area contributed by atoms with Gasteiger partial charge in [0.15, 0.2) is 0 Å². The fourth-order valence-corrected chi connectivity index (χ4v) is 6.70. The van der Waals surface area contributed by atoms with Crippen LogP contribution in [0.4, 0.5) is 0 Å². The van der Waals surface area contributed by atoms with Crippen molar-refractivity contribution in [3.8, 4) is 28.7 Å². The summed E-state index contributed by atoms with van der Waals surface area (Å²) in [5, 5.41) is 2.25. The van der Waals surface area contributed by atoms with E-state index in [9.17, 15) is 0 Å². The molecule has 0 saturated carbocycles. The Labute approximate surface area is 329 Å². The van der Waals surface area contributed by atoms with E-state index >= 15 is 0 Å². The van der Waals surface area contributed by atoms with E-state index in [0.29, 0.717) is 11.5 Å². The maximum Gasteiger partial charge on any atom is 0.267 e. The molecule has 0 saturated heterocycles. The number of rotatable bonds is 6. The second-order valence-electron chi connectivity index (χ2n) is 17.4. The number of imidazole rings is 1. The molecule has 0 spiro atoms. The van der Waals surface area contributed by atoms with Crippen LogP contribution >= 0.6 is 0 Å².